The molecule has 0 radical (unpaired) electrons. The van der Waals surface area contributed by atoms with Crippen molar-refractivity contribution in [1.29, 1.82) is 0 Å². The third kappa shape index (κ3) is 10.5. The van der Waals surface area contributed by atoms with Gasteiger partial charge < -0.3 is 20.4 Å². The van der Waals surface area contributed by atoms with Crippen LogP contribution in [-0.2, 0) is 12.7 Å². The minimum absolute atomic E-state index is 0.0814. The first-order valence-electron chi connectivity index (χ1n) is 15.4. The summed E-state index contributed by atoms with van der Waals surface area (Å²) < 4.78 is 39.8. The second kappa shape index (κ2) is 16.2. The van der Waals surface area contributed by atoms with Crippen LogP contribution in [0.25, 0.3) is 0 Å². The highest BCUT2D eigenvalue weighted by Gasteiger charge is 2.33. The van der Waals surface area contributed by atoms with Gasteiger partial charge in [-0.25, -0.2) is 5.43 Å². The summed E-state index contributed by atoms with van der Waals surface area (Å²) in [5.41, 5.74) is 3.71. The number of amides is 2. The molecule has 1 heterocycles. The van der Waals surface area contributed by atoms with Gasteiger partial charge >= 0.3 is 6.18 Å². The zero-order valence-corrected chi connectivity index (χ0v) is 27.0. The number of anilines is 2. The van der Waals surface area contributed by atoms with Gasteiger partial charge in [-0.1, -0.05) is 29.8 Å². The molecular weight excluding hydrogens is 635 g/mol. The van der Waals surface area contributed by atoms with Crippen LogP contribution in [0.5, 0.6) is 0 Å². The van der Waals surface area contributed by atoms with Crippen LogP contribution in [0.2, 0.25) is 5.02 Å². The SMILES string of the molecule is CC(O)CN(Cc1cccc(C(=O)Nc2ccc(N3CCCCC3)cc2C(=O)N/N=C\c2ccc(Cl)c(C(F)(F)F)c2)c1)CC(C)O. The first-order chi connectivity index (χ1) is 22.3. The van der Waals surface area contributed by atoms with Crippen LogP contribution < -0.4 is 15.6 Å². The Kier molecular flexibility index (Phi) is 12.4. The quantitative estimate of drug-likeness (QED) is 0.140. The van der Waals surface area contributed by atoms with Crippen LogP contribution in [0.15, 0.2) is 65.8 Å². The van der Waals surface area contributed by atoms with Crippen LogP contribution in [-0.4, -0.2) is 71.5 Å². The average molecular weight is 674 g/mol. The van der Waals surface area contributed by atoms with E-state index in [0.717, 1.165) is 62.0 Å². The number of hydrazone groups is 1. The van der Waals surface area contributed by atoms with Gasteiger partial charge in [-0.2, -0.15) is 18.3 Å². The number of nitrogens with zero attached hydrogens (tertiary/aromatic N) is 3. The smallest absolute Gasteiger partial charge is 0.392 e. The molecule has 47 heavy (non-hydrogen) atoms. The second-order valence-corrected chi connectivity index (χ2v) is 12.2. The number of hydrogen-bond donors (Lipinski definition) is 4. The van der Waals surface area contributed by atoms with Crippen molar-refractivity contribution in [3.8, 4) is 0 Å². The Morgan fingerprint density at radius 2 is 1.68 bits per heavy atom. The van der Waals surface area contributed by atoms with Crippen molar-refractivity contribution in [3.63, 3.8) is 0 Å². The molecule has 0 spiro atoms. The van der Waals surface area contributed by atoms with Crippen molar-refractivity contribution in [1.82, 2.24) is 10.3 Å². The zero-order chi connectivity index (χ0) is 34.1. The van der Waals surface area contributed by atoms with Gasteiger partial charge in [0.25, 0.3) is 11.8 Å². The molecule has 4 rings (SSSR count). The number of rotatable bonds is 12. The maximum absolute atomic E-state index is 13.4. The Morgan fingerprint density at radius 3 is 2.34 bits per heavy atom. The van der Waals surface area contributed by atoms with Crippen molar-refractivity contribution in [3.05, 3.63) is 93.5 Å². The summed E-state index contributed by atoms with van der Waals surface area (Å²) in [5, 5.41) is 26.0. The van der Waals surface area contributed by atoms with E-state index in [0.29, 0.717) is 25.2 Å². The molecule has 2 amide bonds. The lowest BCUT2D eigenvalue weighted by Crippen LogP contribution is -2.35. The molecule has 13 heteroatoms. The van der Waals surface area contributed by atoms with E-state index in [1.165, 1.54) is 6.07 Å². The minimum atomic E-state index is -4.65. The first-order valence-corrected chi connectivity index (χ1v) is 15.8. The fourth-order valence-corrected chi connectivity index (χ4v) is 5.68. The van der Waals surface area contributed by atoms with Crippen LogP contribution in [0.3, 0.4) is 0 Å². The number of aliphatic hydroxyl groups excluding tert-OH is 2. The molecule has 1 fully saturated rings. The molecular formula is C34H39ClF3N5O4. The molecule has 0 aliphatic carbocycles. The minimum Gasteiger partial charge on any atom is -0.392 e. The molecule has 1 aliphatic heterocycles. The molecule has 0 bridgehead atoms. The van der Waals surface area contributed by atoms with Gasteiger partial charge in [0.05, 0.1) is 40.3 Å². The Bertz CT molecular complexity index is 1570. The summed E-state index contributed by atoms with van der Waals surface area (Å²) in [6, 6.07) is 15.3. The van der Waals surface area contributed by atoms with Crippen molar-refractivity contribution >= 4 is 41.0 Å². The Labute approximate surface area is 277 Å². The van der Waals surface area contributed by atoms with E-state index in [2.05, 4.69) is 20.7 Å². The van der Waals surface area contributed by atoms with Crippen molar-refractivity contribution in [2.24, 2.45) is 5.10 Å². The molecule has 1 aliphatic rings. The van der Waals surface area contributed by atoms with E-state index in [9.17, 15) is 33.0 Å². The Morgan fingerprint density at radius 1 is 0.979 bits per heavy atom. The fourth-order valence-electron chi connectivity index (χ4n) is 5.46. The largest absolute Gasteiger partial charge is 0.417 e. The number of nitrogens with one attached hydrogen (secondary N) is 2. The highest BCUT2D eigenvalue weighted by molar-refractivity contribution is 6.31. The van der Waals surface area contributed by atoms with E-state index < -0.39 is 40.8 Å². The van der Waals surface area contributed by atoms with Crippen LogP contribution in [0, 0.1) is 0 Å². The van der Waals surface area contributed by atoms with Gasteiger partial charge in [-0.15, -0.1) is 0 Å². The maximum Gasteiger partial charge on any atom is 0.417 e. The number of alkyl halides is 3. The molecule has 0 saturated carbocycles. The number of piperidine rings is 1. The molecule has 2 atom stereocenters. The molecule has 3 aromatic carbocycles. The van der Waals surface area contributed by atoms with E-state index in [4.69, 9.17) is 11.6 Å². The number of benzene rings is 3. The first kappa shape index (κ1) is 35.9. The van der Waals surface area contributed by atoms with E-state index in [-0.39, 0.29) is 16.8 Å². The number of carbonyl (C=O) groups is 2. The maximum atomic E-state index is 13.4. The van der Waals surface area contributed by atoms with Gasteiger partial charge in [-0.05, 0) is 86.7 Å². The summed E-state index contributed by atoms with van der Waals surface area (Å²) in [6.45, 7) is 6.03. The van der Waals surface area contributed by atoms with E-state index in [1.54, 1.807) is 44.2 Å². The lowest BCUT2D eigenvalue weighted by Gasteiger charge is -2.29. The van der Waals surface area contributed by atoms with Gasteiger partial charge in [0.1, 0.15) is 0 Å². The summed E-state index contributed by atoms with van der Waals surface area (Å²) in [4.78, 5) is 30.9. The monoisotopic (exact) mass is 673 g/mol. The zero-order valence-electron chi connectivity index (χ0n) is 26.2. The third-order valence-corrected chi connectivity index (χ3v) is 7.86. The summed E-state index contributed by atoms with van der Waals surface area (Å²) in [7, 11) is 0. The van der Waals surface area contributed by atoms with Gasteiger partial charge in [-0.3, -0.25) is 14.5 Å². The molecule has 252 valence electrons. The van der Waals surface area contributed by atoms with Crippen LogP contribution in [0.4, 0.5) is 24.5 Å². The second-order valence-electron chi connectivity index (χ2n) is 11.8. The lowest BCUT2D eigenvalue weighted by atomic mass is 10.1. The number of carbonyl (C=O) groups excluding carboxylic acids is 2. The molecule has 9 nitrogen and oxygen atoms in total. The van der Waals surface area contributed by atoms with E-state index >= 15 is 0 Å². The number of halogens is 4. The summed E-state index contributed by atoms with van der Waals surface area (Å²) in [5.74, 6) is -1.13. The highest BCUT2D eigenvalue weighted by Crippen LogP contribution is 2.35. The molecule has 3 aromatic rings. The van der Waals surface area contributed by atoms with Crippen molar-refractivity contribution in [2.75, 3.05) is 36.4 Å². The number of hydrogen-bond acceptors (Lipinski definition) is 7. The van der Waals surface area contributed by atoms with Gasteiger partial charge in [0.2, 0.25) is 0 Å². The molecule has 0 aromatic heterocycles. The normalized spacial score (nSPS) is 15.1. The van der Waals surface area contributed by atoms with Gasteiger partial charge in [0, 0.05) is 44.0 Å². The molecule has 2 unspecified atom stereocenters. The lowest BCUT2D eigenvalue weighted by molar-refractivity contribution is -0.137. The highest BCUT2D eigenvalue weighted by atomic mass is 35.5. The Hall–Kier alpha value is -3.97. The average Bonchev–Trinajstić information content (AvgIpc) is 3.01. The van der Waals surface area contributed by atoms with E-state index in [1.807, 2.05) is 17.0 Å². The van der Waals surface area contributed by atoms with Crippen molar-refractivity contribution < 1.29 is 33.0 Å². The number of aliphatic hydroxyl groups is 2. The topological polar surface area (TPSA) is 118 Å². The van der Waals surface area contributed by atoms with Crippen LogP contribution >= 0.6 is 11.6 Å². The molecule has 1 saturated heterocycles. The predicted octanol–water partition coefficient (Wildman–Crippen LogP) is 5.93. The fraction of sp³-hybridized carbons (Fsp3) is 0.382. The predicted molar refractivity (Wildman–Crippen MR) is 177 cm³/mol. The van der Waals surface area contributed by atoms with Crippen LogP contribution in [0.1, 0.15) is 70.5 Å². The third-order valence-electron chi connectivity index (χ3n) is 7.53. The Balaban J connectivity index is 1.56. The summed E-state index contributed by atoms with van der Waals surface area (Å²) in [6.07, 6.45) is -1.65. The molecule has 4 N–H and O–H groups in total. The summed E-state index contributed by atoms with van der Waals surface area (Å²) >= 11 is 5.70. The standard InChI is InChI=1S/C34H39ClF3N5O4/c1-22(44)19-42(20-23(2)45)21-25-7-6-8-26(15-25)32(46)40-31-12-10-27(43-13-4-3-5-14-43)17-28(31)33(47)41-39-18-24-9-11-30(35)29(16-24)34(36,37)38/h6-12,15-18,22-23,44-45H,3-5,13-14,19-21H2,1-2H3,(H,40,46)(H,41,47)/b39-18-. The van der Waals surface area contributed by atoms with Gasteiger partial charge in [0.15, 0.2) is 0 Å². The van der Waals surface area contributed by atoms with Crippen molar-refractivity contribution in [2.45, 2.75) is 58.0 Å².